The zero-order chi connectivity index (χ0) is 19.9. The minimum atomic E-state index is -4.02. The molecular weight excluding hydrogens is 390 g/mol. The van der Waals surface area contributed by atoms with E-state index in [9.17, 15) is 16.8 Å². The molecule has 0 aliphatic carbocycles. The number of sulfonamides is 1. The minimum absolute atomic E-state index is 0.0874. The molecule has 10 heteroatoms. The molecule has 0 fully saturated rings. The van der Waals surface area contributed by atoms with Crippen LogP contribution >= 0.6 is 0 Å². The van der Waals surface area contributed by atoms with Crippen molar-refractivity contribution < 1.29 is 21.5 Å². The highest BCUT2D eigenvalue weighted by atomic mass is 32.2. The van der Waals surface area contributed by atoms with Crippen LogP contribution in [0.4, 0.5) is 0 Å². The van der Waals surface area contributed by atoms with Gasteiger partial charge in [-0.1, -0.05) is 18.2 Å². The molecule has 2 aromatic carbocycles. The van der Waals surface area contributed by atoms with Crippen LogP contribution in [0.15, 0.2) is 56.9 Å². The van der Waals surface area contributed by atoms with E-state index in [4.69, 9.17) is 0 Å². The van der Waals surface area contributed by atoms with Crippen LogP contribution in [-0.2, 0) is 19.9 Å². The van der Waals surface area contributed by atoms with Crippen LogP contribution in [0.1, 0.15) is 19.4 Å². The average molecular weight is 409 g/mol. The molecule has 27 heavy (non-hydrogen) atoms. The smallest absolute Gasteiger partial charge is 0.242 e. The molecule has 1 heterocycles. The van der Waals surface area contributed by atoms with Gasteiger partial charge in [0, 0.05) is 6.54 Å². The predicted molar refractivity (Wildman–Crippen MR) is 99.4 cm³/mol. The third-order valence-electron chi connectivity index (χ3n) is 4.25. The van der Waals surface area contributed by atoms with Gasteiger partial charge in [-0.2, -0.15) is 0 Å². The van der Waals surface area contributed by atoms with Crippen molar-refractivity contribution in [1.82, 2.24) is 15.0 Å². The maximum atomic E-state index is 13.0. The van der Waals surface area contributed by atoms with Gasteiger partial charge in [0.1, 0.15) is 10.4 Å². The molecule has 144 valence electrons. The van der Waals surface area contributed by atoms with E-state index in [1.807, 2.05) is 0 Å². The molecule has 1 aromatic heterocycles. The largest absolute Gasteiger partial charge is 0.243 e. The summed E-state index contributed by atoms with van der Waals surface area (Å²) in [5.41, 5.74) is 1.19. The van der Waals surface area contributed by atoms with Gasteiger partial charge in [0.05, 0.1) is 9.64 Å². The summed E-state index contributed by atoms with van der Waals surface area (Å²) in [4.78, 5) is 0.0273. The summed E-state index contributed by atoms with van der Waals surface area (Å²) >= 11 is 0. The first-order valence-corrected chi connectivity index (χ1v) is 11.0. The van der Waals surface area contributed by atoms with Gasteiger partial charge in [-0.3, -0.25) is 0 Å². The van der Waals surface area contributed by atoms with E-state index in [-0.39, 0.29) is 21.9 Å². The lowest BCUT2D eigenvalue weighted by Crippen LogP contribution is -2.44. The van der Waals surface area contributed by atoms with Crippen molar-refractivity contribution in [2.24, 2.45) is 0 Å². The van der Waals surface area contributed by atoms with Crippen LogP contribution in [0.25, 0.3) is 11.0 Å². The van der Waals surface area contributed by atoms with Crippen LogP contribution in [0, 0.1) is 6.92 Å². The topological polar surface area (TPSA) is 119 Å². The maximum Gasteiger partial charge on any atom is 0.242 e. The van der Waals surface area contributed by atoms with Crippen molar-refractivity contribution in [3.05, 3.63) is 48.0 Å². The molecule has 0 atom stereocenters. The molecule has 8 nitrogen and oxygen atoms in total. The van der Waals surface area contributed by atoms with E-state index in [0.29, 0.717) is 5.52 Å². The zero-order valence-corrected chi connectivity index (χ0v) is 16.6. The molecule has 0 aliphatic heterocycles. The summed E-state index contributed by atoms with van der Waals surface area (Å²) < 4.78 is 56.9. The van der Waals surface area contributed by atoms with Gasteiger partial charge in [0.25, 0.3) is 0 Å². The van der Waals surface area contributed by atoms with Gasteiger partial charge in [0.2, 0.25) is 10.0 Å². The van der Waals surface area contributed by atoms with Gasteiger partial charge < -0.3 is 0 Å². The Kier molecular flexibility index (Phi) is 4.83. The Balaban J connectivity index is 1.89. The summed E-state index contributed by atoms with van der Waals surface area (Å²) in [5.74, 6) is 0. The van der Waals surface area contributed by atoms with Gasteiger partial charge in [0.15, 0.2) is 15.4 Å². The number of benzene rings is 2. The maximum absolute atomic E-state index is 13.0. The normalized spacial score (nSPS) is 13.1. The molecule has 0 aliphatic rings. The molecule has 0 radical (unpaired) electrons. The molecule has 3 rings (SSSR count). The lowest BCUT2D eigenvalue weighted by atomic mass is 10.2. The first-order chi connectivity index (χ1) is 12.5. The second-order valence-electron chi connectivity index (χ2n) is 6.79. The van der Waals surface area contributed by atoms with Crippen LogP contribution < -0.4 is 4.72 Å². The van der Waals surface area contributed by atoms with E-state index < -0.39 is 24.6 Å². The summed E-state index contributed by atoms with van der Waals surface area (Å²) in [7, 11) is -7.79. The van der Waals surface area contributed by atoms with Crippen molar-refractivity contribution in [2.75, 3.05) is 6.54 Å². The molecule has 0 unspecified atom stereocenters. The summed E-state index contributed by atoms with van der Waals surface area (Å²) in [6.45, 7) is 4.44. The predicted octanol–water partition coefficient (Wildman–Crippen LogP) is 2.06. The zero-order valence-electron chi connectivity index (χ0n) is 15.0. The monoisotopic (exact) mass is 409 g/mol. The Morgan fingerprint density at radius 3 is 2.44 bits per heavy atom. The number of nitrogens with zero attached hydrogens (tertiary/aromatic N) is 2. The number of nitrogens with one attached hydrogen (secondary N) is 1. The molecule has 0 saturated heterocycles. The number of aromatic nitrogens is 2. The number of hydrogen-bond acceptors (Lipinski definition) is 7. The number of hydrogen-bond donors (Lipinski definition) is 1. The van der Waals surface area contributed by atoms with Crippen LogP contribution in [-0.4, -0.2) is 38.4 Å². The van der Waals surface area contributed by atoms with Crippen molar-refractivity contribution >= 4 is 30.9 Å². The highest BCUT2D eigenvalue weighted by Gasteiger charge is 2.37. The highest BCUT2D eigenvalue weighted by Crippen LogP contribution is 2.26. The van der Waals surface area contributed by atoms with Crippen molar-refractivity contribution in [3.63, 3.8) is 0 Å². The van der Waals surface area contributed by atoms with Crippen molar-refractivity contribution in [1.29, 1.82) is 0 Å². The third kappa shape index (κ3) is 3.60. The van der Waals surface area contributed by atoms with Gasteiger partial charge in [-0.05, 0) is 60.9 Å². The molecule has 0 amide bonds. The standard InChI is InChI=1S/C17H19N3O5S2/c1-12-6-4-7-13(10-12)26(21,22)17(2,3)11-18-27(23,24)15-9-5-8-14-16(15)20-25-19-14/h4-10,18H,11H2,1-3H3. The van der Waals surface area contributed by atoms with E-state index in [1.54, 1.807) is 31.2 Å². The number of sulfone groups is 1. The Labute approximate surface area is 157 Å². The molecule has 1 N–H and O–H groups in total. The quantitative estimate of drug-likeness (QED) is 0.662. The van der Waals surface area contributed by atoms with Gasteiger partial charge in [-0.15, -0.1) is 0 Å². The Morgan fingerprint density at radius 2 is 1.74 bits per heavy atom. The first-order valence-electron chi connectivity index (χ1n) is 8.07. The van der Waals surface area contributed by atoms with Gasteiger partial charge in [-0.25, -0.2) is 26.2 Å². The highest BCUT2D eigenvalue weighted by molar-refractivity contribution is 7.93. The fourth-order valence-electron chi connectivity index (χ4n) is 2.54. The minimum Gasteiger partial charge on any atom is -0.243 e. The molecule has 0 spiro atoms. The summed E-state index contributed by atoms with van der Waals surface area (Å²) in [6, 6.07) is 10.9. The van der Waals surface area contributed by atoms with E-state index >= 15 is 0 Å². The second-order valence-corrected chi connectivity index (χ2v) is 11.1. The van der Waals surface area contributed by atoms with Crippen LogP contribution in [0.5, 0.6) is 0 Å². The van der Waals surface area contributed by atoms with E-state index in [0.717, 1.165) is 5.56 Å². The van der Waals surface area contributed by atoms with E-state index in [1.165, 1.54) is 32.0 Å². The molecular formula is C17H19N3O5S2. The summed E-state index contributed by atoms with van der Waals surface area (Å²) in [6.07, 6.45) is 0. The SMILES string of the molecule is Cc1cccc(S(=O)(=O)C(C)(C)CNS(=O)(=O)c2cccc3nonc23)c1. The number of fused-ring (bicyclic) bond motifs is 1. The fourth-order valence-corrected chi connectivity index (χ4v) is 5.49. The fraction of sp³-hybridized carbons (Fsp3) is 0.294. The Hall–Kier alpha value is -2.30. The Bertz CT molecular complexity index is 1200. The number of aryl methyl sites for hydroxylation is 1. The van der Waals surface area contributed by atoms with Crippen molar-refractivity contribution in [2.45, 2.75) is 35.3 Å². The first kappa shape index (κ1) is 19.5. The third-order valence-corrected chi connectivity index (χ3v) is 8.16. The average Bonchev–Trinajstić information content (AvgIpc) is 3.08. The Morgan fingerprint density at radius 1 is 1.04 bits per heavy atom. The summed E-state index contributed by atoms with van der Waals surface area (Å²) in [5, 5.41) is 7.23. The van der Waals surface area contributed by atoms with E-state index in [2.05, 4.69) is 19.7 Å². The molecule has 0 bridgehead atoms. The van der Waals surface area contributed by atoms with Gasteiger partial charge >= 0.3 is 0 Å². The van der Waals surface area contributed by atoms with Crippen LogP contribution in [0.3, 0.4) is 0 Å². The second kappa shape index (κ2) is 6.70. The molecule has 0 saturated carbocycles. The number of rotatable bonds is 6. The lowest BCUT2D eigenvalue weighted by Gasteiger charge is -2.25. The molecule has 3 aromatic rings. The van der Waals surface area contributed by atoms with Crippen LogP contribution in [0.2, 0.25) is 0 Å². The lowest BCUT2D eigenvalue weighted by molar-refractivity contribution is 0.315. The van der Waals surface area contributed by atoms with Crippen molar-refractivity contribution in [3.8, 4) is 0 Å².